The van der Waals surface area contributed by atoms with E-state index in [0.29, 0.717) is 6.54 Å². The van der Waals surface area contributed by atoms with Crippen LogP contribution in [0.25, 0.3) is 0 Å². The Morgan fingerprint density at radius 1 is 1.39 bits per heavy atom. The third-order valence-electron chi connectivity index (χ3n) is 2.50. The minimum atomic E-state index is -4.20. The quantitative estimate of drug-likeness (QED) is 0.543. The van der Waals surface area contributed by atoms with E-state index in [0.717, 1.165) is 0 Å². The summed E-state index contributed by atoms with van der Waals surface area (Å²) in [5.74, 6) is -0.533. The molecule has 3 nitrogen and oxygen atoms in total. The van der Waals surface area contributed by atoms with Crippen LogP contribution in [-0.2, 0) is 9.53 Å². The van der Waals surface area contributed by atoms with Crippen molar-refractivity contribution in [1.29, 1.82) is 0 Å². The normalized spacial score (nSPS) is 14.9. The van der Waals surface area contributed by atoms with Crippen molar-refractivity contribution in [3.05, 3.63) is 12.7 Å². The van der Waals surface area contributed by atoms with E-state index < -0.39 is 24.1 Å². The van der Waals surface area contributed by atoms with Crippen LogP contribution in [0, 0.1) is 0 Å². The Balaban J connectivity index is 4.46. The molecule has 0 aromatic carbocycles. The number of alkyl halides is 3. The maximum atomic E-state index is 12.1. The minimum absolute atomic E-state index is 0.0686. The second-order valence-corrected chi connectivity index (χ2v) is 4.19. The Kier molecular flexibility index (Phi) is 6.98. The van der Waals surface area contributed by atoms with E-state index in [4.69, 9.17) is 4.74 Å². The molecule has 0 radical (unpaired) electrons. The Labute approximate surface area is 105 Å². The molecule has 0 saturated carbocycles. The van der Waals surface area contributed by atoms with Gasteiger partial charge in [-0.2, -0.15) is 13.2 Å². The predicted octanol–water partition coefficient (Wildman–Crippen LogP) is 2.82. The molecule has 0 aromatic rings. The summed E-state index contributed by atoms with van der Waals surface area (Å²) in [5.41, 5.74) is -1.10. The largest absolute Gasteiger partial charge is 0.465 e. The molecule has 0 amide bonds. The van der Waals surface area contributed by atoms with Crippen molar-refractivity contribution in [2.45, 2.75) is 44.8 Å². The molecule has 0 spiro atoms. The average Bonchev–Trinajstić information content (AvgIpc) is 2.25. The van der Waals surface area contributed by atoms with Crippen LogP contribution in [0.4, 0.5) is 13.2 Å². The third kappa shape index (κ3) is 6.64. The highest BCUT2D eigenvalue weighted by molar-refractivity contribution is 5.80. The molecular formula is C12H20F3NO2. The van der Waals surface area contributed by atoms with Crippen molar-refractivity contribution in [3.63, 3.8) is 0 Å². The first-order valence-electron chi connectivity index (χ1n) is 5.85. The monoisotopic (exact) mass is 267 g/mol. The van der Waals surface area contributed by atoms with Crippen molar-refractivity contribution in [1.82, 2.24) is 5.32 Å². The topological polar surface area (TPSA) is 38.3 Å². The molecule has 0 aromatic heterocycles. The number of rotatable bonds is 8. The maximum absolute atomic E-state index is 12.1. The van der Waals surface area contributed by atoms with Gasteiger partial charge in [-0.15, -0.1) is 6.58 Å². The summed E-state index contributed by atoms with van der Waals surface area (Å²) >= 11 is 0. The average molecular weight is 267 g/mol. The van der Waals surface area contributed by atoms with Crippen LogP contribution >= 0.6 is 0 Å². The van der Waals surface area contributed by atoms with Crippen LogP contribution in [0.1, 0.15) is 33.1 Å². The van der Waals surface area contributed by atoms with Gasteiger partial charge in [-0.1, -0.05) is 6.08 Å². The van der Waals surface area contributed by atoms with Gasteiger partial charge in [0.05, 0.1) is 6.61 Å². The number of halogens is 3. The zero-order valence-electron chi connectivity index (χ0n) is 10.8. The van der Waals surface area contributed by atoms with Crippen molar-refractivity contribution < 1.29 is 22.7 Å². The van der Waals surface area contributed by atoms with Gasteiger partial charge < -0.3 is 4.74 Å². The van der Waals surface area contributed by atoms with Gasteiger partial charge in [0.2, 0.25) is 0 Å². The van der Waals surface area contributed by atoms with E-state index in [1.165, 1.54) is 0 Å². The Hall–Kier alpha value is -1.04. The fourth-order valence-corrected chi connectivity index (χ4v) is 1.49. The molecule has 1 unspecified atom stereocenters. The smallest absolute Gasteiger partial charge is 0.389 e. The zero-order chi connectivity index (χ0) is 14.2. The molecule has 0 aliphatic heterocycles. The van der Waals surface area contributed by atoms with Crippen LogP contribution in [0.2, 0.25) is 0 Å². The number of nitrogens with one attached hydrogen (secondary N) is 1. The lowest BCUT2D eigenvalue weighted by molar-refractivity contribution is -0.153. The minimum Gasteiger partial charge on any atom is -0.465 e. The van der Waals surface area contributed by atoms with Gasteiger partial charge in [-0.3, -0.25) is 10.1 Å². The van der Waals surface area contributed by atoms with E-state index in [9.17, 15) is 18.0 Å². The van der Waals surface area contributed by atoms with Crippen molar-refractivity contribution in [3.8, 4) is 0 Å². The Bertz CT molecular complexity index is 279. The molecule has 106 valence electrons. The van der Waals surface area contributed by atoms with Gasteiger partial charge in [0.25, 0.3) is 0 Å². The molecule has 0 aliphatic carbocycles. The third-order valence-corrected chi connectivity index (χ3v) is 2.50. The van der Waals surface area contributed by atoms with E-state index >= 15 is 0 Å². The lowest BCUT2D eigenvalue weighted by Crippen LogP contribution is -2.50. The lowest BCUT2D eigenvalue weighted by Gasteiger charge is -2.28. The molecule has 0 heterocycles. The van der Waals surface area contributed by atoms with E-state index in [1.54, 1.807) is 19.9 Å². The van der Waals surface area contributed by atoms with E-state index in [-0.39, 0.29) is 19.4 Å². The molecule has 6 heteroatoms. The summed E-state index contributed by atoms with van der Waals surface area (Å²) in [6.07, 6.45) is -3.62. The number of hydrogen-bond donors (Lipinski definition) is 1. The number of ether oxygens (including phenoxy) is 1. The van der Waals surface area contributed by atoms with Gasteiger partial charge >= 0.3 is 12.1 Å². The van der Waals surface area contributed by atoms with Gasteiger partial charge in [0, 0.05) is 13.0 Å². The number of carbonyl (C=O) groups excluding carboxylic acids is 1. The summed E-state index contributed by atoms with van der Waals surface area (Å²) in [6, 6.07) is 0. The van der Waals surface area contributed by atoms with E-state index in [1.807, 2.05) is 0 Å². The number of hydrogen-bond acceptors (Lipinski definition) is 3. The fraction of sp³-hybridized carbons (Fsp3) is 0.750. The van der Waals surface area contributed by atoms with Crippen molar-refractivity contribution >= 4 is 5.97 Å². The summed E-state index contributed by atoms with van der Waals surface area (Å²) in [5, 5.41) is 2.86. The summed E-state index contributed by atoms with van der Waals surface area (Å²) in [7, 11) is 0. The maximum Gasteiger partial charge on any atom is 0.389 e. The summed E-state index contributed by atoms with van der Waals surface area (Å²) in [6.45, 7) is 7.23. The molecule has 0 saturated heterocycles. The number of carbonyl (C=O) groups is 1. The van der Waals surface area contributed by atoms with Gasteiger partial charge in [0.1, 0.15) is 5.54 Å². The standard InChI is InChI=1S/C12H20F3NO2/c1-4-9-16-11(3,10(17)18-5-2)7-6-8-12(13,14)15/h4,16H,1,5-9H2,2-3H3. The van der Waals surface area contributed by atoms with Crippen LogP contribution in [0.5, 0.6) is 0 Å². The van der Waals surface area contributed by atoms with Crippen molar-refractivity contribution in [2.75, 3.05) is 13.2 Å². The van der Waals surface area contributed by atoms with Crippen LogP contribution < -0.4 is 5.32 Å². The van der Waals surface area contributed by atoms with Crippen LogP contribution in [0.3, 0.4) is 0 Å². The van der Waals surface area contributed by atoms with Crippen LogP contribution in [-0.4, -0.2) is 30.8 Å². The first-order chi connectivity index (χ1) is 8.25. The Morgan fingerprint density at radius 2 is 2.00 bits per heavy atom. The molecule has 0 rings (SSSR count). The molecule has 0 aliphatic rings. The first-order valence-corrected chi connectivity index (χ1v) is 5.85. The molecule has 1 N–H and O–H groups in total. The molecular weight excluding hydrogens is 247 g/mol. The highest BCUT2D eigenvalue weighted by atomic mass is 19.4. The molecule has 0 bridgehead atoms. The molecule has 0 fully saturated rings. The second-order valence-electron chi connectivity index (χ2n) is 4.19. The highest BCUT2D eigenvalue weighted by Gasteiger charge is 2.35. The SMILES string of the molecule is C=CCNC(C)(CCCC(F)(F)F)C(=O)OCC. The van der Waals surface area contributed by atoms with Gasteiger partial charge in [-0.25, -0.2) is 0 Å². The highest BCUT2D eigenvalue weighted by Crippen LogP contribution is 2.25. The Morgan fingerprint density at radius 3 is 2.44 bits per heavy atom. The molecule has 18 heavy (non-hydrogen) atoms. The van der Waals surface area contributed by atoms with Gasteiger partial charge in [0.15, 0.2) is 0 Å². The van der Waals surface area contributed by atoms with Crippen molar-refractivity contribution in [2.24, 2.45) is 0 Å². The van der Waals surface area contributed by atoms with Crippen LogP contribution in [0.15, 0.2) is 12.7 Å². The lowest BCUT2D eigenvalue weighted by atomic mass is 9.94. The molecule has 1 atom stereocenters. The van der Waals surface area contributed by atoms with Gasteiger partial charge in [-0.05, 0) is 26.7 Å². The van der Waals surface area contributed by atoms with E-state index in [2.05, 4.69) is 11.9 Å². The first kappa shape index (κ1) is 17.0. The predicted molar refractivity (Wildman–Crippen MR) is 63.1 cm³/mol. The second kappa shape index (κ2) is 7.41. The number of esters is 1. The zero-order valence-corrected chi connectivity index (χ0v) is 10.8. The summed E-state index contributed by atoms with van der Waals surface area (Å²) < 4.78 is 41.1. The summed E-state index contributed by atoms with van der Waals surface area (Å²) in [4.78, 5) is 11.7. The fourth-order valence-electron chi connectivity index (χ4n) is 1.49.